The largest absolute Gasteiger partial charge is 0.465 e. The number of carbonyl (C=O) groups is 2. The number of ether oxygens (including phenoxy) is 1. The topological polar surface area (TPSA) is 70.7 Å². The van der Waals surface area contributed by atoms with E-state index in [1.807, 2.05) is 50.2 Å². The molecule has 2 N–H and O–H groups in total. The maximum absolute atomic E-state index is 12.8. The predicted molar refractivity (Wildman–Crippen MR) is 122 cm³/mol. The summed E-state index contributed by atoms with van der Waals surface area (Å²) in [5.74, 6) is -0.283. The lowest BCUT2D eigenvalue weighted by molar-refractivity contribution is -0.126. The Morgan fingerprint density at radius 2 is 1.90 bits per heavy atom. The molecule has 0 radical (unpaired) electrons. The molecule has 7 heteroatoms. The van der Waals surface area contributed by atoms with Gasteiger partial charge in [-0.2, -0.15) is 0 Å². The van der Waals surface area contributed by atoms with Crippen molar-refractivity contribution in [2.24, 2.45) is 0 Å². The molecule has 0 aromatic heterocycles. The van der Waals surface area contributed by atoms with Gasteiger partial charge < -0.3 is 15.4 Å². The van der Waals surface area contributed by atoms with Crippen molar-refractivity contribution >= 4 is 23.5 Å². The normalized spacial score (nSPS) is 18.9. The van der Waals surface area contributed by atoms with Gasteiger partial charge in [-0.1, -0.05) is 35.9 Å². The molecule has 1 saturated heterocycles. The number of benzene rings is 2. The molecule has 2 aromatic carbocycles. The minimum absolute atomic E-state index is 0.0590. The number of hydrogen-bond acceptors (Lipinski definition) is 5. The first-order valence-electron chi connectivity index (χ1n) is 10.5. The van der Waals surface area contributed by atoms with Crippen molar-refractivity contribution in [2.75, 3.05) is 13.7 Å². The van der Waals surface area contributed by atoms with E-state index in [0.29, 0.717) is 23.7 Å². The zero-order chi connectivity index (χ0) is 22.4. The molecule has 166 valence electrons. The summed E-state index contributed by atoms with van der Waals surface area (Å²) in [7, 11) is 1.37. The van der Waals surface area contributed by atoms with Crippen LogP contribution in [0.15, 0.2) is 48.5 Å². The van der Waals surface area contributed by atoms with E-state index in [2.05, 4.69) is 15.5 Å². The molecule has 1 fully saturated rings. The molecule has 2 aromatic rings. The zero-order valence-corrected chi connectivity index (χ0v) is 19.0. The minimum atomic E-state index is -0.342. The number of esters is 1. The summed E-state index contributed by atoms with van der Waals surface area (Å²) in [6.07, 6.45) is 0.735. The smallest absolute Gasteiger partial charge is 0.337 e. The van der Waals surface area contributed by atoms with E-state index in [1.54, 1.807) is 12.1 Å². The van der Waals surface area contributed by atoms with Crippen LogP contribution in [0.2, 0.25) is 5.02 Å². The molecule has 0 bridgehead atoms. The summed E-state index contributed by atoms with van der Waals surface area (Å²) in [6.45, 7) is 6.05. The molecule has 0 aliphatic carbocycles. The zero-order valence-electron chi connectivity index (χ0n) is 18.2. The average Bonchev–Trinajstić information content (AvgIpc) is 3.14. The third-order valence-electron chi connectivity index (χ3n) is 5.38. The van der Waals surface area contributed by atoms with Gasteiger partial charge in [0.15, 0.2) is 0 Å². The standard InChI is InChI=1S/C24H30ClN3O3/c1-16(2)27-23(29)22-12-21(15-28(22)14-18-5-4-6-20(25)11-18)26-13-17-7-9-19(10-8-17)24(30)31-3/h4-11,16,21-22,26H,12-15H2,1-3H3,(H,27,29)/t21-,22-/m0/s1. The first kappa shape index (κ1) is 23.3. The molecule has 1 aliphatic heterocycles. The summed E-state index contributed by atoms with van der Waals surface area (Å²) in [5, 5.41) is 7.31. The monoisotopic (exact) mass is 443 g/mol. The van der Waals surface area contributed by atoms with Crippen LogP contribution in [-0.2, 0) is 22.6 Å². The number of nitrogens with one attached hydrogen (secondary N) is 2. The molecule has 0 unspecified atom stereocenters. The number of nitrogens with zero attached hydrogens (tertiary/aromatic N) is 1. The van der Waals surface area contributed by atoms with E-state index < -0.39 is 0 Å². The fourth-order valence-electron chi connectivity index (χ4n) is 3.89. The Hall–Kier alpha value is -2.41. The maximum atomic E-state index is 12.8. The first-order valence-corrected chi connectivity index (χ1v) is 10.9. The van der Waals surface area contributed by atoms with Crippen LogP contribution in [0.4, 0.5) is 0 Å². The van der Waals surface area contributed by atoms with Crippen molar-refractivity contribution in [1.82, 2.24) is 15.5 Å². The molecule has 2 atom stereocenters. The van der Waals surface area contributed by atoms with Crippen LogP contribution in [0.25, 0.3) is 0 Å². The van der Waals surface area contributed by atoms with Crippen molar-refractivity contribution in [2.45, 2.75) is 51.5 Å². The van der Waals surface area contributed by atoms with Crippen molar-refractivity contribution in [1.29, 1.82) is 0 Å². The highest BCUT2D eigenvalue weighted by molar-refractivity contribution is 6.30. The Morgan fingerprint density at radius 1 is 1.16 bits per heavy atom. The summed E-state index contributed by atoms with van der Waals surface area (Å²) >= 11 is 6.15. The molecule has 3 rings (SSSR count). The number of rotatable bonds is 8. The lowest BCUT2D eigenvalue weighted by atomic mass is 10.1. The Bertz CT molecular complexity index is 901. The number of halogens is 1. The molecular weight excluding hydrogens is 414 g/mol. The molecule has 6 nitrogen and oxygen atoms in total. The third kappa shape index (κ3) is 6.53. The lowest BCUT2D eigenvalue weighted by Gasteiger charge is -2.24. The Labute approximate surface area is 188 Å². The first-order chi connectivity index (χ1) is 14.9. The Morgan fingerprint density at radius 3 is 2.55 bits per heavy atom. The van der Waals surface area contributed by atoms with Crippen molar-refractivity contribution in [3.63, 3.8) is 0 Å². The molecule has 0 spiro atoms. The number of amides is 1. The second-order valence-electron chi connectivity index (χ2n) is 8.24. The molecule has 1 aliphatic rings. The van der Waals surface area contributed by atoms with Gasteiger partial charge in [0, 0.05) is 36.7 Å². The number of likely N-dealkylation sites (tertiary alicyclic amines) is 1. The summed E-state index contributed by atoms with van der Waals surface area (Å²) in [4.78, 5) is 26.6. The second kappa shape index (κ2) is 10.8. The quantitative estimate of drug-likeness (QED) is 0.612. The molecule has 0 saturated carbocycles. The highest BCUT2D eigenvalue weighted by Gasteiger charge is 2.36. The van der Waals surface area contributed by atoms with Gasteiger partial charge in [0.2, 0.25) is 5.91 Å². The van der Waals surface area contributed by atoms with E-state index >= 15 is 0 Å². The van der Waals surface area contributed by atoms with Gasteiger partial charge in [-0.25, -0.2) is 4.79 Å². The van der Waals surface area contributed by atoms with Crippen molar-refractivity contribution in [3.05, 3.63) is 70.2 Å². The van der Waals surface area contributed by atoms with Gasteiger partial charge in [0.1, 0.15) is 0 Å². The fraction of sp³-hybridized carbons (Fsp3) is 0.417. The summed E-state index contributed by atoms with van der Waals surface area (Å²) < 4.78 is 4.74. The molecule has 1 amide bonds. The van der Waals surface area contributed by atoms with Gasteiger partial charge >= 0.3 is 5.97 Å². The predicted octanol–water partition coefficient (Wildman–Crippen LogP) is 3.38. The second-order valence-corrected chi connectivity index (χ2v) is 8.68. The van der Waals surface area contributed by atoms with Crippen LogP contribution in [-0.4, -0.2) is 48.6 Å². The highest BCUT2D eigenvalue weighted by atomic mass is 35.5. The van der Waals surface area contributed by atoms with Crippen molar-refractivity contribution < 1.29 is 14.3 Å². The van der Waals surface area contributed by atoms with Crippen LogP contribution in [0.1, 0.15) is 41.8 Å². The Balaban J connectivity index is 1.64. The van der Waals surface area contributed by atoms with Crippen LogP contribution in [0.3, 0.4) is 0 Å². The van der Waals surface area contributed by atoms with Crippen molar-refractivity contribution in [3.8, 4) is 0 Å². The van der Waals surface area contributed by atoms with Crippen LogP contribution in [0.5, 0.6) is 0 Å². The van der Waals surface area contributed by atoms with Gasteiger partial charge in [-0.3, -0.25) is 9.69 Å². The van der Waals surface area contributed by atoms with Crippen LogP contribution in [0, 0.1) is 0 Å². The number of methoxy groups -OCH3 is 1. The summed E-state index contributed by atoms with van der Waals surface area (Å²) in [6, 6.07) is 15.2. The van der Waals surface area contributed by atoms with Gasteiger partial charge in [0.05, 0.1) is 18.7 Å². The van der Waals surface area contributed by atoms with E-state index in [0.717, 1.165) is 24.1 Å². The SMILES string of the molecule is COC(=O)c1ccc(CN[C@H]2C[C@@H](C(=O)NC(C)C)N(Cc3cccc(Cl)c3)C2)cc1. The average molecular weight is 444 g/mol. The van der Waals surface area contributed by atoms with Gasteiger partial charge in [0.25, 0.3) is 0 Å². The molecular formula is C24H30ClN3O3. The molecule has 31 heavy (non-hydrogen) atoms. The van der Waals surface area contributed by atoms with Gasteiger partial charge in [-0.15, -0.1) is 0 Å². The van der Waals surface area contributed by atoms with E-state index in [4.69, 9.17) is 16.3 Å². The minimum Gasteiger partial charge on any atom is -0.465 e. The fourth-order valence-corrected chi connectivity index (χ4v) is 4.10. The number of carbonyl (C=O) groups excluding carboxylic acids is 2. The maximum Gasteiger partial charge on any atom is 0.337 e. The van der Waals surface area contributed by atoms with Crippen LogP contribution < -0.4 is 10.6 Å². The number of hydrogen-bond donors (Lipinski definition) is 2. The molecule has 1 heterocycles. The highest BCUT2D eigenvalue weighted by Crippen LogP contribution is 2.23. The van der Waals surface area contributed by atoms with E-state index in [9.17, 15) is 9.59 Å². The lowest BCUT2D eigenvalue weighted by Crippen LogP contribution is -2.45. The van der Waals surface area contributed by atoms with Gasteiger partial charge in [-0.05, 0) is 55.7 Å². The summed E-state index contributed by atoms with van der Waals surface area (Å²) in [5.41, 5.74) is 2.70. The van der Waals surface area contributed by atoms with E-state index in [-0.39, 0.29) is 30.0 Å². The van der Waals surface area contributed by atoms with Crippen LogP contribution >= 0.6 is 11.6 Å². The Kier molecular flexibility index (Phi) is 8.07. The third-order valence-corrected chi connectivity index (χ3v) is 5.62. The van der Waals surface area contributed by atoms with E-state index in [1.165, 1.54) is 7.11 Å².